The van der Waals surface area contributed by atoms with E-state index in [4.69, 9.17) is 11.6 Å². The van der Waals surface area contributed by atoms with Crippen molar-refractivity contribution in [2.75, 3.05) is 12.3 Å². The Hall–Kier alpha value is -1.07. The molecule has 0 radical (unpaired) electrons. The third-order valence-corrected chi connectivity index (χ3v) is 8.37. The van der Waals surface area contributed by atoms with Crippen LogP contribution in [0.15, 0.2) is 24.3 Å². The van der Waals surface area contributed by atoms with E-state index in [0.717, 1.165) is 24.8 Å². The normalized spacial score (nSPS) is 30.7. The Morgan fingerprint density at radius 1 is 1.26 bits per heavy atom. The van der Waals surface area contributed by atoms with E-state index in [0.29, 0.717) is 17.9 Å². The minimum atomic E-state index is -3.32. The molecule has 1 saturated carbocycles. The fourth-order valence-corrected chi connectivity index (χ4v) is 6.62. The van der Waals surface area contributed by atoms with E-state index in [1.165, 1.54) is 0 Å². The summed E-state index contributed by atoms with van der Waals surface area (Å²) in [4.78, 5) is 12.1. The summed E-state index contributed by atoms with van der Waals surface area (Å²) in [5.74, 6) is -0.153. The van der Waals surface area contributed by atoms with E-state index >= 15 is 0 Å². The number of rotatable bonds is 2. The van der Waals surface area contributed by atoms with Crippen molar-refractivity contribution in [3.63, 3.8) is 0 Å². The van der Waals surface area contributed by atoms with Gasteiger partial charge in [-0.2, -0.15) is 0 Å². The summed E-state index contributed by atoms with van der Waals surface area (Å²) in [5.41, 5.74) is 0.972. The Morgan fingerprint density at radius 2 is 2.04 bits per heavy atom. The van der Waals surface area contributed by atoms with E-state index in [2.05, 4.69) is 5.32 Å². The highest BCUT2D eigenvalue weighted by Gasteiger charge is 2.52. The van der Waals surface area contributed by atoms with E-state index in [1.807, 2.05) is 24.3 Å². The van der Waals surface area contributed by atoms with Gasteiger partial charge in [0, 0.05) is 18.0 Å². The molecule has 0 aromatic heterocycles. The van der Waals surface area contributed by atoms with Gasteiger partial charge < -0.3 is 5.32 Å². The minimum absolute atomic E-state index is 0.0394. The summed E-state index contributed by atoms with van der Waals surface area (Å²) in [7, 11) is -3.32. The Balaban J connectivity index is 1.99. The maximum atomic E-state index is 13.0. The Bertz CT molecular complexity index is 704. The number of carbonyl (C=O) groups is 1. The van der Waals surface area contributed by atoms with Crippen molar-refractivity contribution in [2.45, 2.75) is 43.3 Å². The third-order valence-electron chi connectivity index (χ3n) is 5.34. The lowest BCUT2D eigenvalue weighted by Crippen LogP contribution is -2.50. The highest BCUT2D eigenvalue weighted by atomic mass is 35.5. The van der Waals surface area contributed by atoms with Crippen molar-refractivity contribution < 1.29 is 13.2 Å². The lowest BCUT2D eigenvalue weighted by molar-refractivity contribution is -0.121. The van der Waals surface area contributed by atoms with E-state index in [9.17, 15) is 13.2 Å². The lowest BCUT2D eigenvalue weighted by atomic mass is 9.73. The summed E-state index contributed by atoms with van der Waals surface area (Å²) < 4.78 is 25.0. The van der Waals surface area contributed by atoms with Gasteiger partial charge >= 0.3 is 0 Å². The second-order valence-electron chi connectivity index (χ2n) is 6.65. The molecule has 1 aromatic rings. The summed E-state index contributed by atoms with van der Waals surface area (Å²) in [6.07, 6.45) is 3.99. The molecule has 6 heteroatoms. The predicted octanol–water partition coefficient (Wildman–Crippen LogP) is 2.75. The van der Waals surface area contributed by atoms with Crippen LogP contribution < -0.4 is 5.32 Å². The number of carbonyl (C=O) groups excluding carboxylic acids is 1. The number of halogens is 1. The van der Waals surface area contributed by atoms with Gasteiger partial charge in [-0.25, -0.2) is 8.42 Å². The molecule has 2 aliphatic rings. The minimum Gasteiger partial charge on any atom is -0.355 e. The van der Waals surface area contributed by atoms with E-state index in [1.54, 1.807) is 0 Å². The van der Waals surface area contributed by atoms with Crippen molar-refractivity contribution in [1.82, 2.24) is 5.32 Å². The molecule has 1 aliphatic heterocycles. The zero-order chi connectivity index (χ0) is 16.5. The average molecular weight is 356 g/mol. The van der Waals surface area contributed by atoms with Gasteiger partial charge in [0.2, 0.25) is 5.91 Å². The zero-order valence-electron chi connectivity index (χ0n) is 13.1. The second-order valence-corrected chi connectivity index (χ2v) is 9.51. The standard InChI is InChI=1S/C17H22ClNO3S/c18-15-7-2-1-5-13(15)11-14-6-3-4-8-17(14)12-16(20)19-9-10-23(17,21)22/h1-2,5,7,14H,3-4,6,8-12H2,(H,19,20). The zero-order valence-corrected chi connectivity index (χ0v) is 14.6. The van der Waals surface area contributed by atoms with Crippen molar-refractivity contribution in [1.29, 1.82) is 0 Å². The van der Waals surface area contributed by atoms with Crippen LogP contribution >= 0.6 is 11.6 Å². The lowest BCUT2D eigenvalue weighted by Gasteiger charge is -2.42. The maximum Gasteiger partial charge on any atom is 0.221 e. The van der Waals surface area contributed by atoms with Gasteiger partial charge in [0.25, 0.3) is 0 Å². The first-order valence-corrected chi connectivity index (χ1v) is 10.2. The van der Waals surface area contributed by atoms with Crippen molar-refractivity contribution in [2.24, 2.45) is 5.92 Å². The van der Waals surface area contributed by atoms with Crippen LogP contribution in [0.1, 0.15) is 37.7 Å². The fourth-order valence-electron chi connectivity index (χ4n) is 4.11. The van der Waals surface area contributed by atoms with Gasteiger partial charge in [0.05, 0.1) is 10.5 Å². The van der Waals surface area contributed by atoms with Crippen molar-refractivity contribution in [3.05, 3.63) is 34.9 Å². The number of amides is 1. The molecule has 1 aliphatic carbocycles. The Morgan fingerprint density at radius 3 is 2.83 bits per heavy atom. The first-order valence-electron chi connectivity index (χ1n) is 8.17. The SMILES string of the molecule is O=C1CC2(CCCCC2Cc2ccccc2Cl)S(=O)(=O)CCN1. The quantitative estimate of drug-likeness (QED) is 0.887. The number of hydrogen-bond acceptors (Lipinski definition) is 3. The number of benzene rings is 1. The summed E-state index contributed by atoms with van der Waals surface area (Å²) >= 11 is 6.27. The summed E-state index contributed by atoms with van der Waals surface area (Å²) in [5, 5.41) is 3.39. The van der Waals surface area contributed by atoms with Gasteiger partial charge in [0.1, 0.15) is 0 Å². The van der Waals surface area contributed by atoms with Crippen LogP contribution in [0.4, 0.5) is 0 Å². The molecular formula is C17H22ClNO3S. The molecule has 2 unspecified atom stereocenters. The van der Waals surface area contributed by atoms with Crippen LogP contribution in [0, 0.1) is 5.92 Å². The molecule has 1 aromatic carbocycles. The van der Waals surface area contributed by atoms with Crippen LogP contribution in [0.3, 0.4) is 0 Å². The largest absolute Gasteiger partial charge is 0.355 e. The maximum absolute atomic E-state index is 13.0. The highest BCUT2D eigenvalue weighted by molar-refractivity contribution is 7.92. The van der Waals surface area contributed by atoms with Crippen LogP contribution in [0.2, 0.25) is 5.02 Å². The number of nitrogens with one attached hydrogen (secondary N) is 1. The molecule has 4 nitrogen and oxygen atoms in total. The molecular weight excluding hydrogens is 334 g/mol. The van der Waals surface area contributed by atoms with Crippen LogP contribution in [-0.4, -0.2) is 31.4 Å². The van der Waals surface area contributed by atoms with Crippen molar-refractivity contribution in [3.8, 4) is 0 Å². The fraction of sp³-hybridized carbons (Fsp3) is 0.588. The number of hydrogen-bond donors (Lipinski definition) is 1. The topological polar surface area (TPSA) is 63.2 Å². The van der Waals surface area contributed by atoms with Gasteiger partial charge in [0.15, 0.2) is 9.84 Å². The molecule has 126 valence electrons. The smallest absolute Gasteiger partial charge is 0.221 e. The second kappa shape index (κ2) is 6.44. The van der Waals surface area contributed by atoms with Gasteiger partial charge in [-0.15, -0.1) is 0 Å². The first-order chi connectivity index (χ1) is 10.9. The van der Waals surface area contributed by atoms with Gasteiger partial charge in [-0.1, -0.05) is 42.6 Å². The molecule has 2 fully saturated rings. The molecule has 3 rings (SSSR count). The van der Waals surface area contributed by atoms with E-state index < -0.39 is 14.6 Å². The summed E-state index contributed by atoms with van der Waals surface area (Å²) in [6, 6.07) is 7.58. The first kappa shape index (κ1) is 16.8. The molecule has 2 atom stereocenters. The predicted molar refractivity (Wildman–Crippen MR) is 91.3 cm³/mol. The number of sulfone groups is 1. The van der Waals surface area contributed by atoms with Crippen molar-refractivity contribution >= 4 is 27.3 Å². The molecule has 23 heavy (non-hydrogen) atoms. The molecule has 1 saturated heterocycles. The third kappa shape index (κ3) is 3.13. The van der Waals surface area contributed by atoms with Crippen LogP contribution in [0.25, 0.3) is 0 Å². The average Bonchev–Trinajstić information content (AvgIpc) is 2.61. The monoisotopic (exact) mass is 355 g/mol. The Kier molecular flexibility index (Phi) is 4.70. The highest BCUT2D eigenvalue weighted by Crippen LogP contribution is 2.45. The molecule has 0 bridgehead atoms. The van der Waals surface area contributed by atoms with Crippen LogP contribution in [0.5, 0.6) is 0 Å². The Labute approximate surface area is 142 Å². The van der Waals surface area contributed by atoms with E-state index in [-0.39, 0.29) is 30.5 Å². The summed E-state index contributed by atoms with van der Waals surface area (Å²) in [6.45, 7) is 0.224. The van der Waals surface area contributed by atoms with Gasteiger partial charge in [-0.05, 0) is 36.8 Å². The molecule has 1 heterocycles. The molecule has 1 N–H and O–H groups in total. The molecule has 1 amide bonds. The van der Waals surface area contributed by atoms with Crippen LogP contribution in [-0.2, 0) is 21.1 Å². The molecule has 1 spiro atoms. The van der Waals surface area contributed by atoms with Gasteiger partial charge in [-0.3, -0.25) is 4.79 Å².